The summed E-state index contributed by atoms with van der Waals surface area (Å²) in [7, 11) is 3.03. The fourth-order valence-electron chi connectivity index (χ4n) is 2.98. The number of nitrogens with one attached hydrogen (secondary N) is 1. The molecule has 1 heterocycles. The standard InChI is InChI=1S/C24H27N3O3S.2ClH/c1-29-20-15-18(16-21(30-2)23(20)28)5-3-12-26-13-11-17-7-9-19(10-8-17)27-24(25)22-6-4-14-31-22;;/h3-10,14-16,26,28H,11-13H2,1-2H3,(H2,25,27);2*1H/b5-3+;;. The molecule has 0 unspecified atom stereocenters. The van der Waals surface area contributed by atoms with Crippen LogP contribution in [0.1, 0.15) is 16.0 Å². The Bertz CT molecular complexity index is 1010. The molecular formula is C24H29Cl2N3O3S. The number of amidine groups is 1. The van der Waals surface area contributed by atoms with Crippen LogP contribution in [0.15, 0.2) is 65.0 Å². The molecule has 9 heteroatoms. The van der Waals surface area contributed by atoms with Crippen LogP contribution < -0.4 is 20.5 Å². The van der Waals surface area contributed by atoms with Crippen molar-refractivity contribution in [3.63, 3.8) is 0 Å². The average molecular weight is 510 g/mol. The summed E-state index contributed by atoms with van der Waals surface area (Å²) in [5, 5.41) is 15.3. The molecule has 0 saturated heterocycles. The van der Waals surface area contributed by atoms with Crippen molar-refractivity contribution in [3.8, 4) is 17.2 Å². The zero-order chi connectivity index (χ0) is 22.1. The number of ether oxygens (including phenoxy) is 2. The van der Waals surface area contributed by atoms with Gasteiger partial charge in [0.1, 0.15) is 5.84 Å². The summed E-state index contributed by atoms with van der Waals surface area (Å²) in [5.74, 6) is 1.32. The van der Waals surface area contributed by atoms with Crippen molar-refractivity contribution in [2.75, 3.05) is 27.3 Å². The van der Waals surface area contributed by atoms with Crippen molar-refractivity contribution in [1.29, 1.82) is 0 Å². The van der Waals surface area contributed by atoms with Crippen LogP contribution >= 0.6 is 36.2 Å². The van der Waals surface area contributed by atoms with Crippen LogP contribution in [0.2, 0.25) is 0 Å². The third-order valence-corrected chi connectivity index (χ3v) is 5.52. The number of nitrogens with zero attached hydrogens (tertiary/aromatic N) is 1. The van der Waals surface area contributed by atoms with Crippen molar-refractivity contribution in [2.24, 2.45) is 10.7 Å². The largest absolute Gasteiger partial charge is 0.502 e. The number of aliphatic imine (C=N–C) groups is 1. The summed E-state index contributed by atoms with van der Waals surface area (Å²) in [6, 6.07) is 15.6. The maximum absolute atomic E-state index is 9.97. The topological polar surface area (TPSA) is 89.1 Å². The van der Waals surface area contributed by atoms with E-state index in [0.717, 1.165) is 35.6 Å². The molecule has 0 bridgehead atoms. The van der Waals surface area contributed by atoms with Crippen molar-refractivity contribution in [2.45, 2.75) is 6.42 Å². The number of phenols is 1. The van der Waals surface area contributed by atoms with E-state index in [1.165, 1.54) is 19.8 Å². The fraction of sp³-hybridized carbons (Fsp3) is 0.208. The molecule has 0 amide bonds. The normalized spacial score (nSPS) is 11.0. The Morgan fingerprint density at radius 1 is 1.09 bits per heavy atom. The van der Waals surface area contributed by atoms with Crippen molar-refractivity contribution in [1.82, 2.24) is 5.32 Å². The molecule has 6 nitrogen and oxygen atoms in total. The predicted molar refractivity (Wildman–Crippen MR) is 142 cm³/mol. The van der Waals surface area contributed by atoms with Gasteiger partial charge in [-0.3, -0.25) is 0 Å². The lowest BCUT2D eigenvalue weighted by atomic mass is 10.1. The van der Waals surface area contributed by atoms with Crippen LogP contribution in [0, 0.1) is 0 Å². The van der Waals surface area contributed by atoms with E-state index < -0.39 is 0 Å². The Balaban J connectivity index is 0.00000272. The number of rotatable bonds is 10. The summed E-state index contributed by atoms with van der Waals surface area (Å²) >= 11 is 1.58. The lowest BCUT2D eigenvalue weighted by Gasteiger charge is -2.09. The molecule has 0 aliphatic carbocycles. The van der Waals surface area contributed by atoms with Gasteiger partial charge in [0, 0.05) is 6.54 Å². The van der Waals surface area contributed by atoms with E-state index >= 15 is 0 Å². The van der Waals surface area contributed by atoms with Crippen LogP contribution in [-0.2, 0) is 6.42 Å². The first-order chi connectivity index (χ1) is 15.1. The Kier molecular flexibility index (Phi) is 12.4. The molecule has 3 rings (SSSR count). The molecular weight excluding hydrogens is 481 g/mol. The number of phenolic OH excluding ortho intramolecular Hbond substituents is 1. The van der Waals surface area contributed by atoms with Gasteiger partial charge in [-0.2, -0.15) is 0 Å². The Morgan fingerprint density at radius 2 is 1.76 bits per heavy atom. The SMILES string of the molecule is COc1cc(/C=C/CNCCc2ccc(N=C(N)c3cccs3)cc2)cc(OC)c1O.Cl.Cl. The molecule has 0 aliphatic heterocycles. The minimum absolute atomic E-state index is 0. The zero-order valence-corrected chi connectivity index (χ0v) is 20.9. The molecule has 2 aromatic carbocycles. The molecule has 0 atom stereocenters. The van der Waals surface area contributed by atoms with Crippen LogP contribution in [-0.4, -0.2) is 38.3 Å². The summed E-state index contributed by atoms with van der Waals surface area (Å²) in [6.07, 6.45) is 4.90. The minimum atomic E-state index is 0. The second-order valence-electron chi connectivity index (χ2n) is 6.77. The Morgan fingerprint density at radius 3 is 2.33 bits per heavy atom. The number of hydrogen-bond acceptors (Lipinski definition) is 6. The van der Waals surface area contributed by atoms with Crippen LogP contribution in [0.25, 0.3) is 6.08 Å². The molecule has 0 fully saturated rings. The van der Waals surface area contributed by atoms with Gasteiger partial charge in [0.2, 0.25) is 5.75 Å². The van der Waals surface area contributed by atoms with Gasteiger partial charge in [-0.1, -0.05) is 30.4 Å². The summed E-state index contributed by atoms with van der Waals surface area (Å²) < 4.78 is 10.4. The van der Waals surface area contributed by atoms with Gasteiger partial charge in [-0.25, -0.2) is 4.99 Å². The Labute approximate surface area is 211 Å². The quantitative estimate of drug-likeness (QED) is 0.198. The first kappa shape index (κ1) is 28.3. The highest BCUT2D eigenvalue weighted by Gasteiger charge is 2.09. The van der Waals surface area contributed by atoms with E-state index in [4.69, 9.17) is 15.2 Å². The molecule has 0 spiro atoms. The van der Waals surface area contributed by atoms with Crippen molar-refractivity contribution in [3.05, 3.63) is 76.0 Å². The van der Waals surface area contributed by atoms with Crippen molar-refractivity contribution < 1.29 is 14.6 Å². The fourth-order valence-corrected chi connectivity index (χ4v) is 3.61. The maximum Gasteiger partial charge on any atom is 0.200 e. The third-order valence-electron chi connectivity index (χ3n) is 4.62. The smallest absolute Gasteiger partial charge is 0.200 e. The molecule has 1 aromatic heterocycles. The number of methoxy groups -OCH3 is 2. The number of benzene rings is 2. The minimum Gasteiger partial charge on any atom is -0.502 e. The van der Waals surface area contributed by atoms with Gasteiger partial charge in [0.25, 0.3) is 0 Å². The monoisotopic (exact) mass is 509 g/mol. The van der Waals surface area contributed by atoms with Gasteiger partial charge in [-0.15, -0.1) is 36.2 Å². The third kappa shape index (κ3) is 8.29. The van der Waals surface area contributed by atoms with E-state index in [1.807, 2.05) is 41.8 Å². The Hall–Kier alpha value is -2.71. The van der Waals surface area contributed by atoms with Crippen molar-refractivity contribution >= 4 is 53.7 Å². The van der Waals surface area contributed by atoms with Gasteiger partial charge in [0.15, 0.2) is 11.5 Å². The molecule has 178 valence electrons. The van der Waals surface area contributed by atoms with Crippen LogP contribution in [0.4, 0.5) is 5.69 Å². The molecule has 0 radical (unpaired) electrons. The van der Waals surface area contributed by atoms with E-state index in [1.54, 1.807) is 23.5 Å². The lowest BCUT2D eigenvalue weighted by molar-refractivity contribution is 0.340. The average Bonchev–Trinajstić information content (AvgIpc) is 3.33. The summed E-state index contributed by atoms with van der Waals surface area (Å²) in [5.41, 5.74) is 9.02. The first-order valence-electron chi connectivity index (χ1n) is 9.90. The van der Waals surface area contributed by atoms with E-state index in [-0.39, 0.29) is 30.6 Å². The molecule has 3 aromatic rings. The number of nitrogens with two attached hydrogens (primary N) is 1. The van der Waals surface area contributed by atoms with Crippen LogP contribution in [0.5, 0.6) is 17.2 Å². The van der Waals surface area contributed by atoms with Crippen LogP contribution in [0.3, 0.4) is 0 Å². The molecule has 4 N–H and O–H groups in total. The number of hydrogen-bond donors (Lipinski definition) is 3. The summed E-state index contributed by atoms with van der Waals surface area (Å²) in [4.78, 5) is 5.45. The van der Waals surface area contributed by atoms with Gasteiger partial charge in [0.05, 0.1) is 24.8 Å². The second kappa shape index (κ2) is 14.4. The lowest BCUT2D eigenvalue weighted by Crippen LogP contribution is -2.16. The maximum atomic E-state index is 9.97. The first-order valence-corrected chi connectivity index (χ1v) is 10.8. The van der Waals surface area contributed by atoms with Gasteiger partial charge >= 0.3 is 0 Å². The second-order valence-corrected chi connectivity index (χ2v) is 7.72. The van der Waals surface area contributed by atoms with Gasteiger partial charge in [-0.05, 0) is 59.8 Å². The molecule has 33 heavy (non-hydrogen) atoms. The predicted octanol–water partition coefficient (Wildman–Crippen LogP) is 5.20. The highest BCUT2D eigenvalue weighted by atomic mass is 35.5. The highest BCUT2D eigenvalue weighted by molar-refractivity contribution is 7.12. The number of halogens is 2. The van der Waals surface area contributed by atoms with Gasteiger partial charge < -0.3 is 25.6 Å². The van der Waals surface area contributed by atoms with E-state index in [9.17, 15) is 5.11 Å². The molecule has 0 aliphatic rings. The van der Waals surface area contributed by atoms with E-state index in [0.29, 0.717) is 17.3 Å². The van der Waals surface area contributed by atoms with E-state index in [2.05, 4.69) is 22.4 Å². The zero-order valence-electron chi connectivity index (χ0n) is 18.5. The number of thiophene rings is 1. The number of aromatic hydroxyl groups is 1. The molecule has 0 saturated carbocycles. The summed E-state index contributed by atoms with van der Waals surface area (Å²) in [6.45, 7) is 1.58. The highest BCUT2D eigenvalue weighted by Crippen LogP contribution is 2.37.